The Morgan fingerprint density at radius 1 is 0.453 bits per heavy atom. The van der Waals surface area contributed by atoms with E-state index in [0.29, 0.717) is 73.2 Å². The van der Waals surface area contributed by atoms with Crippen molar-refractivity contribution in [2.24, 2.45) is 21.7 Å². The zero-order valence-electron chi connectivity index (χ0n) is 53.8. The molecule has 0 bridgehead atoms. The number of aliphatic carboxylic acids is 1. The molecule has 0 aliphatic carbocycles. The maximum absolute atomic E-state index is 15.0. The van der Waals surface area contributed by atoms with E-state index >= 15 is 0 Å². The van der Waals surface area contributed by atoms with Crippen LogP contribution in [0.25, 0.3) is 67.9 Å². The van der Waals surface area contributed by atoms with Gasteiger partial charge in [-0.15, -0.1) is 0 Å². The third-order valence-corrected chi connectivity index (χ3v) is 17.2. The van der Waals surface area contributed by atoms with Crippen molar-refractivity contribution in [2.45, 2.75) is 86.9 Å². The maximum Gasteiger partial charge on any atom is 0.324 e. The van der Waals surface area contributed by atoms with Gasteiger partial charge in [0, 0.05) is 83.5 Å². The molecule has 0 amide bonds. The lowest BCUT2D eigenvalue weighted by Crippen LogP contribution is -2.50. The molecule has 18 nitrogen and oxygen atoms in total. The van der Waals surface area contributed by atoms with Crippen LogP contribution in [0, 0.1) is 33.3 Å². The van der Waals surface area contributed by atoms with Crippen molar-refractivity contribution in [3.8, 4) is 67.9 Å². The van der Waals surface area contributed by atoms with Gasteiger partial charge in [0.15, 0.2) is 35.6 Å². The van der Waals surface area contributed by atoms with E-state index in [4.69, 9.17) is 23.3 Å². The number of rotatable bonds is 20. The third kappa shape index (κ3) is 16.4. The molecule has 7 aromatic carbocycles. The Kier molecular flexibility index (Phi) is 21.0. The second kappa shape index (κ2) is 29.4. The van der Waals surface area contributed by atoms with Gasteiger partial charge in [-0.25, -0.2) is 8.78 Å². The number of hydrogen-bond acceptors (Lipinski definition) is 17. The Bertz CT molecular complexity index is 4170. The summed E-state index contributed by atoms with van der Waals surface area (Å²) in [6.45, 7) is 12.4. The molecule has 95 heavy (non-hydrogen) atoms. The molecule has 0 unspecified atom stereocenters. The Morgan fingerprint density at radius 2 is 0.811 bits per heavy atom. The highest BCUT2D eigenvalue weighted by molar-refractivity contribution is 6.01. The second-order valence-electron chi connectivity index (χ2n) is 25.9. The number of Topliss-reactive ketones (excluding diaryl/α,β-unsaturated/α-hetero) is 2. The maximum atomic E-state index is 15.0. The van der Waals surface area contributed by atoms with Gasteiger partial charge in [0.2, 0.25) is 11.6 Å². The molecule has 0 radical (unpaired) electrons. The summed E-state index contributed by atoms with van der Waals surface area (Å²) in [5.74, 6) is -3.55. The van der Waals surface area contributed by atoms with Crippen molar-refractivity contribution in [3.05, 3.63) is 204 Å². The van der Waals surface area contributed by atoms with Crippen molar-refractivity contribution in [2.75, 3.05) is 39.4 Å². The van der Waals surface area contributed by atoms with Gasteiger partial charge < -0.3 is 28.4 Å². The molecule has 0 spiro atoms. The van der Waals surface area contributed by atoms with Crippen LogP contribution >= 0.6 is 0 Å². The van der Waals surface area contributed by atoms with Crippen LogP contribution in [0.5, 0.6) is 0 Å². The number of halogens is 2. The van der Waals surface area contributed by atoms with E-state index in [1.807, 2.05) is 140 Å². The number of hydrogen-bond donors (Lipinski definition) is 1. The van der Waals surface area contributed by atoms with Crippen LogP contribution in [0.2, 0.25) is 0 Å². The first kappa shape index (κ1) is 67.7. The molecule has 2 saturated heterocycles. The fourth-order valence-corrected chi connectivity index (χ4v) is 11.0. The average molecular weight is 1290 g/mol. The minimum absolute atomic E-state index is 0.0327. The summed E-state index contributed by atoms with van der Waals surface area (Å²) in [6.07, 6.45) is 0.558. The molecule has 2 fully saturated rings. The summed E-state index contributed by atoms with van der Waals surface area (Å²) in [4.78, 5) is 89.8. The highest BCUT2D eigenvalue weighted by Gasteiger charge is 2.52. The van der Waals surface area contributed by atoms with Crippen LogP contribution < -0.4 is 0 Å². The monoisotopic (exact) mass is 1290 g/mol. The average Bonchev–Trinajstić information content (AvgIpc) is 1.94. The summed E-state index contributed by atoms with van der Waals surface area (Å²) < 4.78 is 57.0. The van der Waals surface area contributed by atoms with Crippen LogP contribution in [-0.4, -0.2) is 110 Å². The molecule has 2 aliphatic heterocycles. The quantitative estimate of drug-likeness (QED) is 0.0424. The Labute approximate surface area is 549 Å². The number of ketones is 2. The number of carboxylic acids is 1. The van der Waals surface area contributed by atoms with E-state index in [9.17, 15) is 42.7 Å². The standard InChI is InChI=1S/C41H40FN3O6.C34H34FN3O6/c1-40(2,3)35(46)27-50-39(48)41(38(47)49-26-29-10-6-4-7-11-29)20-22-45(23-21-41)25-28-14-16-31(17-15-28)36-43-37(51-44-36)32-18-19-33(34(42)24-32)30-12-8-5-9-13-30;1-33(2,3)28(39)21-43-32(42)34(31(40)41)15-17-38(18-16-34)20-22-9-11-24(12-10-22)29-36-30(44-37-29)25-13-14-26(27(35)19-25)23-7-5-4-6-8-23/h4-19,24H,20-23,25-27H2,1-3H3;4-14,19H,15-18,20-21H2,1-3H3,(H,40,41). The fraction of sp³-hybridized carbons (Fsp3) is 0.307. The fourth-order valence-electron chi connectivity index (χ4n) is 11.0. The number of piperidine rings is 2. The minimum atomic E-state index is -1.67. The third-order valence-electron chi connectivity index (χ3n) is 17.2. The molecular formula is C75H74F2N6O12. The summed E-state index contributed by atoms with van der Waals surface area (Å²) in [5.41, 5.74) is 3.22. The molecular weight excluding hydrogens is 1210 g/mol. The number of carboxylic acid groups (broad SMARTS) is 1. The number of ether oxygens (including phenoxy) is 3. The van der Waals surface area contributed by atoms with Gasteiger partial charge in [-0.05, 0) is 77.8 Å². The lowest BCUT2D eigenvalue weighted by Gasteiger charge is -2.38. The number of benzene rings is 7. The van der Waals surface area contributed by atoms with E-state index < -0.39 is 58.8 Å². The van der Waals surface area contributed by atoms with Gasteiger partial charge in [-0.1, -0.05) is 204 Å². The number of aromatic nitrogens is 4. The molecule has 1 N–H and O–H groups in total. The van der Waals surface area contributed by atoms with Gasteiger partial charge in [0.1, 0.15) is 18.2 Å². The summed E-state index contributed by atoms with van der Waals surface area (Å²) in [7, 11) is 0. The summed E-state index contributed by atoms with van der Waals surface area (Å²) in [5, 5.41) is 18.1. The topological polar surface area (TPSA) is 235 Å². The lowest BCUT2D eigenvalue weighted by molar-refractivity contribution is -0.179. The van der Waals surface area contributed by atoms with Crippen LogP contribution in [0.15, 0.2) is 185 Å². The van der Waals surface area contributed by atoms with E-state index in [2.05, 4.69) is 30.1 Å². The van der Waals surface area contributed by atoms with Crippen molar-refractivity contribution < 1.29 is 65.9 Å². The molecule has 2 aromatic heterocycles. The largest absolute Gasteiger partial charge is 0.480 e. The number of nitrogens with zero attached hydrogens (tertiary/aromatic N) is 6. The molecule has 490 valence electrons. The van der Waals surface area contributed by atoms with Crippen LogP contribution in [0.1, 0.15) is 83.9 Å². The van der Waals surface area contributed by atoms with Gasteiger partial charge >= 0.3 is 23.9 Å². The summed E-state index contributed by atoms with van der Waals surface area (Å²) in [6, 6.07) is 52.8. The predicted octanol–water partition coefficient (Wildman–Crippen LogP) is 13.7. The smallest absolute Gasteiger partial charge is 0.324 e. The number of likely N-dealkylation sites (tertiary alicyclic amines) is 2. The second-order valence-corrected chi connectivity index (χ2v) is 25.9. The Hall–Kier alpha value is -10.2. The summed E-state index contributed by atoms with van der Waals surface area (Å²) >= 11 is 0. The molecule has 4 heterocycles. The SMILES string of the molecule is CC(C)(C)C(=O)COC(=O)C1(C(=O)O)CCN(Cc2ccc(-c3noc(-c4ccc(-c5ccccc5)c(F)c4)n3)cc2)CC1.CC(C)(C)C(=O)COC(=O)C1(C(=O)OCc2ccccc2)CCN(Cc2ccc(-c3noc(-c4ccc(-c5ccccc5)c(F)c4)n3)cc2)CC1. The van der Waals surface area contributed by atoms with E-state index in [0.717, 1.165) is 38.9 Å². The van der Waals surface area contributed by atoms with Crippen LogP contribution in [0.3, 0.4) is 0 Å². The number of carbonyl (C=O) groups is 6. The first-order chi connectivity index (χ1) is 45.5. The van der Waals surface area contributed by atoms with Gasteiger partial charge in [0.25, 0.3) is 11.8 Å². The molecule has 9 aromatic rings. The number of esters is 3. The normalized spacial score (nSPS) is 14.8. The van der Waals surface area contributed by atoms with Gasteiger partial charge in [-0.2, -0.15) is 9.97 Å². The van der Waals surface area contributed by atoms with Gasteiger partial charge in [0.05, 0.1) is 0 Å². The first-order valence-corrected chi connectivity index (χ1v) is 31.3. The zero-order chi connectivity index (χ0) is 67.5. The first-order valence-electron chi connectivity index (χ1n) is 31.3. The van der Waals surface area contributed by atoms with E-state index in [1.165, 1.54) is 12.1 Å². The Morgan fingerprint density at radius 3 is 1.19 bits per heavy atom. The van der Waals surface area contributed by atoms with Crippen molar-refractivity contribution in [3.63, 3.8) is 0 Å². The highest BCUT2D eigenvalue weighted by Crippen LogP contribution is 2.38. The Balaban J connectivity index is 0.000000209. The van der Waals surface area contributed by atoms with Gasteiger partial charge in [-0.3, -0.25) is 38.6 Å². The zero-order valence-corrected chi connectivity index (χ0v) is 53.8. The predicted molar refractivity (Wildman–Crippen MR) is 350 cm³/mol. The molecule has 0 saturated carbocycles. The minimum Gasteiger partial charge on any atom is -0.480 e. The van der Waals surface area contributed by atoms with Crippen molar-refractivity contribution >= 4 is 35.4 Å². The molecule has 11 rings (SSSR count). The van der Waals surface area contributed by atoms with E-state index in [-0.39, 0.29) is 67.3 Å². The molecule has 0 atom stereocenters. The van der Waals surface area contributed by atoms with Crippen molar-refractivity contribution in [1.82, 2.24) is 30.1 Å². The molecule has 2 aliphatic rings. The van der Waals surface area contributed by atoms with E-state index in [1.54, 1.807) is 65.8 Å². The van der Waals surface area contributed by atoms with Crippen LogP contribution in [-0.2, 0) is 62.7 Å². The number of carbonyl (C=O) groups excluding carboxylic acids is 5. The van der Waals surface area contributed by atoms with Crippen LogP contribution in [0.4, 0.5) is 8.78 Å². The lowest BCUT2D eigenvalue weighted by atomic mass is 9.78. The highest BCUT2D eigenvalue weighted by atomic mass is 19.1. The van der Waals surface area contributed by atoms with Crippen molar-refractivity contribution in [1.29, 1.82) is 0 Å². The molecule has 20 heteroatoms.